The van der Waals surface area contributed by atoms with Crippen molar-refractivity contribution in [3.63, 3.8) is 0 Å². The van der Waals surface area contributed by atoms with Gasteiger partial charge in [-0.1, -0.05) is 13.0 Å². The van der Waals surface area contributed by atoms with Crippen LogP contribution in [0.5, 0.6) is 0 Å². The molecule has 2 amide bonds. The van der Waals surface area contributed by atoms with Crippen molar-refractivity contribution in [3.05, 3.63) is 52.6 Å². The quantitative estimate of drug-likeness (QED) is 0.575. The summed E-state index contributed by atoms with van der Waals surface area (Å²) in [5, 5.41) is 0. The predicted molar refractivity (Wildman–Crippen MR) is 85.4 cm³/mol. The second-order valence-corrected chi connectivity index (χ2v) is 4.95. The molecule has 2 aromatic heterocycles. The Morgan fingerprint density at radius 3 is 2.50 bits per heavy atom. The number of pyridine rings is 1. The number of nitrogens with one attached hydrogen (secondary N) is 3. The number of ether oxygens (including phenoxy) is 1. The molecule has 0 saturated heterocycles. The van der Waals surface area contributed by atoms with Gasteiger partial charge in [-0.3, -0.25) is 25.4 Å². The van der Waals surface area contributed by atoms with Crippen molar-refractivity contribution >= 4 is 17.8 Å². The van der Waals surface area contributed by atoms with Crippen LogP contribution < -0.4 is 10.9 Å². The van der Waals surface area contributed by atoms with E-state index in [0.29, 0.717) is 23.2 Å². The van der Waals surface area contributed by atoms with Gasteiger partial charge in [-0.15, -0.1) is 0 Å². The van der Waals surface area contributed by atoms with Gasteiger partial charge in [0.25, 0.3) is 11.8 Å². The normalized spacial score (nSPS) is 10.1. The molecule has 0 saturated carbocycles. The van der Waals surface area contributed by atoms with Crippen LogP contribution in [0.2, 0.25) is 0 Å². The highest BCUT2D eigenvalue weighted by atomic mass is 16.5. The van der Waals surface area contributed by atoms with Crippen LogP contribution in [0.25, 0.3) is 0 Å². The Morgan fingerprint density at radius 1 is 1.21 bits per heavy atom. The third-order valence-corrected chi connectivity index (χ3v) is 3.48. The number of nitrogens with zero attached hydrogens (tertiary/aromatic N) is 1. The number of hydrogen-bond donors (Lipinski definition) is 3. The number of H-pyrrole nitrogens is 1. The molecule has 0 aliphatic carbocycles. The Kier molecular flexibility index (Phi) is 5.31. The first kappa shape index (κ1) is 17.2. The van der Waals surface area contributed by atoms with Crippen LogP contribution in [0.4, 0.5) is 0 Å². The predicted octanol–water partition coefficient (Wildman–Crippen LogP) is 1.14. The second kappa shape index (κ2) is 7.40. The molecule has 0 unspecified atom stereocenters. The molecular formula is C16H18N4O4. The summed E-state index contributed by atoms with van der Waals surface area (Å²) >= 11 is 0. The van der Waals surface area contributed by atoms with E-state index in [1.807, 2.05) is 6.92 Å². The number of methoxy groups -OCH3 is 1. The van der Waals surface area contributed by atoms with Crippen molar-refractivity contribution in [1.82, 2.24) is 20.8 Å². The van der Waals surface area contributed by atoms with Gasteiger partial charge in [-0.05, 0) is 31.0 Å². The minimum atomic E-state index is -0.568. The Bertz CT molecular complexity index is 768. The lowest BCUT2D eigenvalue weighted by Crippen LogP contribution is -2.42. The van der Waals surface area contributed by atoms with Gasteiger partial charge in [-0.2, -0.15) is 0 Å². The summed E-state index contributed by atoms with van der Waals surface area (Å²) in [6.07, 6.45) is 2.00. The van der Waals surface area contributed by atoms with Gasteiger partial charge in [-0.25, -0.2) is 4.79 Å². The van der Waals surface area contributed by atoms with E-state index in [2.05, 4.69) is 20.8 Å². The van der Waals surface area contributed by atoms with Gasteiger partial charge in [0.15, 0.2) is 0 Å². The van der Waals surface area contributed by atoms with Crippen LogP contribution in [-0.4, -0.2) is 34.9 Å². The molecule has 0 atom stereocenters. The number of hydrogen-bond acceptors (Lipinski definition) is 5. The lowest BCUT2D eigenvalue weighted by molar-refractivity contribution is 0.0598. The van der Waals surface area contributed by atoms with E-state index >= 15 is 0 Å². The molecule has 0 radical (unpaired) electrons. The summed E-state index contributed by atoms with van der Waals surface area (Å²) in [4.78, 5) is 42.8. The minimum Gasteiger partial charge on any atom is -0.465 e. The van der Waals surface area contributed by atoms with Crippen molar-refractivity contribution in [3.8, 4) is 0 Å². The van der Waals surface area contributed by atoms with Crippen molar-refractivity contribution in [2.24, 2.45) is 0 Å². The van der Waals surface area contributed by atoms with Crippen molar-refractivity contribution in [2.45, 2.75) is 20.3 Å². The zero-order valence-corrected chi connectivity index (χ0v) is 13.6. The lowest BCUT2D eigenvalue weighted by Gasteiger charge is -2.06. The summed E-state index contributed by atoms with van der Waals surface area (Å²) < 4.78 is 4.74. The lowest BCUT2D eigenvalue weighted by atomic mass is 10.1. The molecule has 126 valence electrons. The van der Waals surface area contributed by atoms with Crippen molar-refractivity contribution in [1.29, 1.82) is 0 Å². The van der Waals surface area contributed by atoms with E-state index in [1.54, 1.807) is 19.1 Å². The molecule has 0 aromatic carbocycles. The highest BCUT2D eigenvalue weighted by Crippen LogP contribution is 2.20. The van der Waals surface area contributed by atoms with Gasteiger partial charge < -0.3 is 9.72 Å². The third-order valence-electron chi connectivity index (χ3n) is 3.48. The van der Waals surface area contributed by atoms with Crippen molar-refractivity contribution in [2.75, 3.05) is 7.11 Å². The Morgan fingerprint density at radius 2 is 1.92 bits per heavy atom. The summed E-state index contributed by atoms with van der Waals surface area (Å²) in [6.45, 7) is 3.49. The number of aryl methyl sites for hydroxylation is 1. The van der Waals surface area contributed by atoms with E-state index in [4.69, 9.17) is 4.74 Å². The first-order chi connectivity index (χ1) is 11.5. The Hall–Kier alpha value is -3.16. The number of aromatic amines is 1. The number of hydrazine groups is 1. The maximum absolute atomic E-state index is 12.3. The number of carbonyl (C=O) groups is 3. The molecule has 0 aliphatic rings. The maximum Gasteiger partial charge on any atom is 0.339 e. The molecule has 0 spiro atoms. The minimum absolute atomic E-state index is 0.172. The zero-order valence-electron chi connectivity index (χ0n) is 13.6. The monoisotopic (exact) mass is 330 g/mol. The number of esters is 1. The average molecular weight is 330 g/mol. The Labute approximate surface area is 138 Å². The maximum atomic E-state index is 12.3. The van der Waals surface area contributed by atoms with Crippen LogP contribution in [0, 0.1) is 6.92 Å². The van der Waals surface area contributed by atoms with Crippen LogP contribution in [0.15, 0.2) is 24.4 Å². The first-order valence-electron chi connectivity index (χ1n) is 7.31. The van der Waals surface area contributed by atoms with Gasteiger partial charge in [0, 0.05) is 11.9 Å². The summed E-state index contributed by atoms with van der Waals surface area (Å²) in [5.41, 5.74) is 6.33. The van der Waals surface area contributed by atoms with E-state index in [-0.39, 0.29) is 11.4 Å². The fourth-order valence-electron chi connectivity index (χ4n) is 2.27. The van der Waals surface area contributed by atoms with Gasteiger partial charge in [0.1, 0.15) is 11.4 Å². The van der Waals surface area contributed by atoms with Gasteiger partial charge >= 0.3 is 5.97 Å². The molecular weight excluding hydrogens is 312 g/mol. The largest absolute Gasteiger partial charge is 0.465 e. The number of amides is 2. The van der Waals surface area contributed by atoms with Crippen LogP contribution >= 0.6 is 0 Å². The van der Waals surface area contributed by atoms with Gasteiger partial charge in [0.05, 0.1) is 12.7 Å². The standard InChI is InChI=1S/C16H18N4O4/c1-4-10-12(16(23)24-3)9(2)13(18-10)15(22)20-19-14(21)11-7-5-6-8-17-11/h5-8,18H,4H2,1-3H3,(H,19,21)(H,20,22). The van der Waals surface area contributed by atoms with Gasteiger partial charge in [0.2, 0.25) is 0 Å². The fraction of sp³-hybridized carbons (Fsp3) is 0.250. The number of rotatable bonds is 4. The molecule has 0 aliphatic heterocycles. The van der Waals surface area contributed by atoms with Crippen LogP contribution in [0.1, 0.15) is 49.5 Å². The summed E-state index contributed by atoms with van der Waals surface area (Å²) in [5.74, 6) is -1.63. The SMILES string of the molecule is CCc1[nH]c(C(=O)NNC(=O)c2ccccn2)c(C)c1C(=O)OC. The molecule has 3 N–H and O–H groups in total. The topological polar surface area (TPSA) is 113 Å². The number of aromatic nitrogens is 2. The smallest absolute Gasteiger partial charge is 0.339 e. The van der Waals surface area contributed by atoms with Crippen molar-refractivity contribution < 1.29 is 19.1 Å². The van der Waals surface area contributed by atoms with E-state index < -0.39 is 17.8 Å². The third kappa shape index (κ3) is 3.43. The molecule has 0 bridgehead atoms. The molecule has 2 rings (SSSR count). The molecule has 2 aromatic rings. The summed E-state index contributed by atoms with van der Waals surface area (Å²) in [7, 11) is 1.28. The zero-order chi connectivity index (χ0) is 17.7. The second-order valence-electron chi connectivity index (χ2n) is 4.95. The molecule has 24 heavy (non-hydrogen) atoms. The average Bonchev–Trinajstić information content (AvgIpc) is 2.96. The highest BCUT2D eigenvalue weighted by Gasteiger charge is 2.23. The molecule has 8 heteroatoms. The van der Waals surface area contributed by atoms with E-state index in [1.165, 1.54) is 19.4 Å². The van der Waals surface area contributed by atoms with E-state index in [9.17, 15) is 14.4 Å². The molecule has 2 heterocycles. The van der Waals surface area contributed by atoms with Crippen LogP contribution in [-0.2, 0) is 11.2 Å². The first-order valence-corrected chi connectivity index (χ1v) is 7.31. The van der Waals surface area contributed by atoms with E-state index in [0.717, 1.165) is 0 Å². The molecule has 0 fully saturated rings. The molecule has 8 nitrogen and oxygen atoms in total. The van der Waals surface area contributed by atoms with Crippen LogP contribution in [0.3, 0.4) is 0 Å². The number of carbonyl (C=O) groups excluding carboxylic acids is 3. The fourth-order valence-corrected chi connectivity index (χ4v) is 2.27. The highest BCUT2D eigenvalue weighted by molar-refractivity contribution is 6.02. The summed E-state index contributed by atoms with van der Waals surface area (Å²) in [6, 6.07) is 4.86. The Balaban J connectivity index is 2.14.